The van der Waals surface area contributed by atoms with Gasteiger partial charge in [0.2, 0.25) is 0 Å². The van der Waals surface area contributed by atoms with E-state index in [-0.39, 0.29) is 19.8 Å². The first-order valence-corrected chi connectivity index (χ1v) is 0.707. The Morgan fingerprint density at radius 3 is 1.25 bits per heavy atom. The molecule has 0 aromatic carbocycles. The third-order valence-electron chi connectivity index (χ3n) is 0. The molecule has 0 rings (SSSR count). The quantitative estimate of drug-likeness (QED) is 0.315. The normalized spacial score (nSPS) is 1.50. The van der Waals surface area contributed by atoms with Crippen LogP contribution in [0.1, 0.15) is 7.43 Å². The second kappa shape index (κ2) is 263. The van der Waals surface area contributed by atoms with Gasteiger partial charge in [-0.25, -0.2) is 0 Å². The molecule has 0 radical (unpaired) electrons. The molecule has 0 aliphatic carbocycles. The van der Waals surface area contributed by atoms with Gasteiger partial charge in [0.15, 0.2) is 0 Å². The van der Waals surface area contributed by atoms with Crippen molar-refractivity contribution >= 4 is 0 Å². The van der Waals surface area contributed by atoms with Crippen molar-refractivity contribution in [2.24, 2.45) is 0 Å². The van der Waals surface area contributed by atoms with E-state index in [2.05, 4.69) is 5.73 Å². The van der Waals surface area contributed by atoms with Gasteiger partial charge in [0.25, 0.3) is 0 Å². The minimum Gasteiger partial charge on any atom is -1.00 e. The summed E-state index contributed by atoms with van der Waals surface area (Å²) in [5.41, 5.74) is 3.25. The zero-order valence-electron chi connectivity index (χ0n) is 2.09. The fourth-order valence-corrected chi connectivity index (χ4v) is 0. The van der Waals surface area contributed by atoms with E-state index in [1.54, 1.807) is 7.05 Å². The van der Waals surface area contributed by atoms with E-state index in [4.69, 9.17) is 0 Å². The zero-order valence-corrected chi connectivity index (χ0v) is 2.84. The van der Waals surface area contributed by atoms with Gasteiger partial charge in [0.05, 0.1) is 7.05 Å². The molecule has 0 heterocycles. The highest BCUT2D eigenvalue weighted by Crippen LogP contribution is 0.251. The Morgan fingerprint density at radius 1 is 1.25 bits per heavy atom. The predicted octanol–water partition coefficient (Wildman–Crippen LogP) is -3.50. The molecule has 0 aromatic rings. The summed E-state index contributed by atoms with van der Waals surface area (Å²) < 4.78 is 0. The third kappa shape index (κ3) is 56.3. The van der Waals surface area contributed by atoms with Gasteiger partial charge >= 0.3 is 0 Å². The Kier molecular flexibility index (Phi) is 1890. The molecule has 0 spiro atoms. The van der Waals surface area contributed by atoms with Crippen LogP contribution in [0.3, 0.4) is 0 Å². The lowest BCUT2D eigenvalue weighted by Gasteiger charge is -1.17. The monoisotopic (exact) mass is 83.1 g/mol. The van der Waals surface area contributed by atoms with Gasteiger partial charge in [-0.1, -0.05) is 7.43 Å². The summed E-state index contributed by atoms with van der Waals surface area (Å²) in [5, 5.41) is 0. The molecular formula is C2H10ClN. The lowest BCUT2D eigenvalue weighted by Crippen LogP contribution is -3.00. The van der Waals surface area contributed by atoms with Crippen molar-refractivity contribution in [2.45, 2.75) is 7.43 Å². The Labute approximate surface area is 33.6 Å². The van der Waals surface area contributed by atoms with Crippen LogP contribution in [0.5, 0.6) is 0 Å². The summed E-state index contributed by atoms with van der Waals surface area (Å²) in [6, 6.07) is 0. The van der Waals surface area contributed by atoms with Crippen LogP contribution in [0.2, 0.25) is 0 Å². The van der Waals surface area contributed by atoms with Gasteiger partial charge in [0.1, 0.15) is 0 Å². The fourth-order valence-electron chi connectivity index (χ4n) is 0. The number of hydrogen-bond donors (Lipinski definition) is 1. The van der Waals surface area contributed by atoms with Crippen molar-refractivity contribution in [1.29, 1.82) is 0 Å². The molecule has 0 bridgehead atoms. The maximum Gasteiger partial charge on any atom is 0.0634 e. The first-order chi connectivity index (χ1) is 1.00. The van der Waals surface area contributed by atoms with E-state index >= 15 is 0 Å². The van der Waals surface area contributed by atoms with E-state index < -0.39 is 0 Å². The summed E-state index contributed by atoms with van der Waals surface area (Å²) in [5.74, 6) is 0. The van der Waals surface area contributed by atoms with Crippen LogP contribution in [0.4, 0.5) is 0 Å². The molecule has 0 atom stereocenters. The highest BCUT2D eigenvalue weighted by molar-refractivity contribution is 3.08. The summed E-state index contributed by atoms with van der Waals surface area (Å²) in [6.45, 7) is 0. The summed E-state index contributed by atoms with van der Waals surface area (Å²) >= 11 is 0. The molecule has 0 aromatic heterocycles. The second-order valence-corrected chi connectivity index (χ2v) is 0. The number of halogens is 1. The maximum atomic E-state index is 3.25. The highest BCUT2D eigenvalue weighted by Gasteiger charge is 0.874. The van der Waals surface area contributed by atoms with Crippen LogP contribution in [0.15, 0.2) is 0 Å². The van der Waals surface area contributed by atoms with Crippen molar-refractivity contribution in [3.05, 3.63) is 0 Å². The topological polar surface area (TPSA) is 27.6 Å². The van der Waals surface area contributed by atoms with Gasteiger partial charge in [0, 0.05) is 0 Å². The first kappa shape index (κ1) is 28.7. The number of quaternary nitrogens is 1. The predicted molar refractivity (Wildman–Crippen MR) is 15.5 cm³/mol. The summed E-state index contributed by atoms with van der Waals surface area (Å²) in [4.78, 5) is 0. The number of rotatable bonds is 0. The van der Waals surface area contributed by atoms with Gasteiger partial charge in [-0.3, -0.25) is 0 Å². The Bertz CT molecular complexity index is 6.00. The molecule has 0 unspecified atom stereocenters. The largest absolute Gasteiger partial charge is 1.00 e. The van der Waals surface area contributed by atoms with Crippen molar-refractivity contribution in [3.63, 3.8) is 0 Å². The van der Waals surface area contributed by atoms with Crippen LogP contribution < -0.4 is 18.1 Å². The van der Waals surface area contributed by atoms with Crippen LogP contribution in [-0.2, 0) is 0 Å². The van der Waals surface area contributed by atoms with Gasteiger partial charge in [-0.05, 0) is 0 Å². The molecule has 0 aliphatic rings. The van der Waals surface area contributed by atoms with Crippen LogP contribution in [0.25, 0.3) is 0 Å². The van der Waals surface area contributed by atoms with Crippen molar-refractivity contribution in [2.75, 3.05) is 7.05 Å². The van der Waals surface area contributed by atoms with E-state index in [0.717, 1.165) is 0 Å². The standard InChI is InChI=1S/CH5N.CH4.ClH/c1-2;;/h2H2,1H3;1H4;1H. The molecule has 0 amide bonds. The van der Waals surface area contributed by atoms with Crippen molar-refractivity contribution in [1.82, 2.24) is 0 Å². The molecular weight excluding hydrogens is 73.5 g/mol. The third-order valence-corrected chi connectivity index (χ3v) is 0. The van der Waals surface area contributed by atoms with E-state index in [1.807, 2.05) is 0 Å². The second-order valence-electron chi connectivity index (χ2n) is 0. The zero-order chi connectivity index (χ0) is 2.00. The Balaban J connectivity index is -0.00000000500. The summed E-state index contributed by atoms with van der Waals surface area (Å²) in [6.07, 6.45) is 0. The Morgan fingerprint density at radius 2 is 1.25 bits per heavy atom. The van der Waals surface area contributed by atoms with Crippen LogP contribution >= 0.6 is 0 Å². The lowest BCUT2D eigenvalue weighted by molar-refractivity contribution is -0.325. The summed E-state index contributed by atoms with van der Waals surface area (Å²) in [7, 11) is 1.75. The van der Waals surface area contributed by atoms with E-state index in [0.29, 0.717) is 0 Å². The molecule has 4 heavy (non-hydrogen) atoms. The van der Waals surface area contributed by atoms with E-state index in [1.165, 1.54) is 0 Å². The smallest absolute Gasteiger partial charge is 0.0634 e. The minimum absolute atomic E-state index is 0. The molecule has 3 N–H and O–H groups in total. The molecule has 0 fully saturated rings. The molecule has 2 heteroatoms. The maximum absolute atomic E-state index is 3.25. The number of hydrogen-bond acceptors (Lipinski definition) is 0. The van der Waals surface area contributed by atoms with Gasteiger partial charge < -0.3 is 18.1 Å². The SMILES string of the molecule is C.C[NH3+].[Cl-]. The molecule has 0 aliphatic heterocycles. The minimum atomic E-state index is 0. The highest BCUT2D eigenvalue weighted by atomic mass is 35.5. The average Bonchev–Trinajstić information content (AvgIpc) is 1.00. The molecule has 30 valence electrons. The lowest BCUT2D eigenvalue weighted by atomic mass is 11.6. The van der Waals surface area contributed by atoms with Crippen LogP contribution in [-0.4, -0.2) is 7.05 Å². The molecule has 1 nitrogen and oxygen atoms in total. The first-order valence-electron chi connectivity index (χ1n) is 0.707. The molecule has 0 saturated heterocycles. The van der Waals surface area contributed by atoms with E-state index in [9.17, 15) is 0 Å². The van der Waals surface area contributed by atoms with Gasteiger partial charge in [-0.15, -0.1) is 0 Å². The fraction of sp³-hybridized carbons (Fsp3) is 1.00. The average molecular weight is 83.6 g/mol. The molecule has 0 saturated carbocycles. The Hall–Kier alpha value is 0.250. The van der Waals surface area contributed by atoms with Gasteiger partial charge in [-0.2, -0.15) is 0 Å². The van der Waals surface area contributed by atoms with Crippen LogP contribution in [0, 0.1) is 0 Å². The van der Waals surface area contributed by atoms with Crippen molar-refractivity contribution in [3.8, 4) is 0 Å². The van der Waals surface area contributed by atoms with Crippen molar-refractivity contribution < 1.29 is 18.1 Å².